The summed E-state index contributed by atoms with van der Waals surface area (Å²) in [5, 5.41) is 13.9. The lowest BCUT2D eigenvalue weighted by molar-refractivity contribution is 0.861. The van der Waals surface area contributed by atoms with Crippen molar-refractivity contribution in [3.05, 3.63) is 47.9 Å². The van der Waals surface area contributed by atoms with E-state index in [1.807, 2.05) is 19.1 Å². The molecule has 0 aromatic carbocycles. The Morgan fingerprint density at radius 3 is 2.89 bits per heavy atom. The lowest BCUT2D eigenvalue weighted by Gasteiger charge is -2.02. The van der Waals surface area contributed by atoms with Crippen molar-refractivity contribution < 1.29 is 0 Å². The van der Waals surface area contributed by atoms with Crippen LogP contribution in [-0.4, -0.2) is 19.7 Å². The molecule has 86 valence electrons. The van der Waals surface area contributed by atoms with Gasteiger partial charge in [-0.1, -0.05) is 0 Å². The SMILES string of the molecule is Cc1ccnc(-n2ncc3cc(C#N)cnc32)c1. The Bertz CT molecular complexity index is 766. The Morgan fingerprint density at radius 1 is 1.22 bits per heavy atom. The fourth-order valence-corrected chi connectivity index (χ4v) is 1.79. The van der Waals surface area contributed by atoms with Gasteiger partial charge in [-0.25, -0.2) is 9.97 Å². The van der Waals surface area contributed by atoms with Crippen molar-refractivity contribution in [3.63, 3.8) is 0 Å². The van der Waals surface area contributed by atoms with Crippen LogP contribution >= 0.6 is 0 Å². The Hall–Kier alpha value is -2.74. The molecule has 3 aromatic heterocycles. The normalized spacial score (nSPS) is 10.4. The van der Waals surface area contributed by atoms with Gasteiger partial charge in [-0.15, -0.1) is 0 Å². The van der Waals surface area contributed by atoms with Crippen molar-refractivity contribution in [1.82, 2.24) is 19.7 Å². The molecule has 0 fully saturated rings. The third-order valence-electron chi connectivity index (χ3n) is 2.66. The fourth-order valence-electron chi connectivity index (χ4n) is 1.79. The molecule has 0 aliphatic rings. The van der Waals surface area contributed by atoms with Crippen LogP contribution in [0.15, 0.2) is 36.8 Å². The standard InChI is InChI=1S/C13H9N5/c1-9-2-3-15-12(4-9)18-13-11(8-17-18)5-10(6-14)7-16-13/h2-5,7-8H,1H3. The molecule has 5 nitrogen and oxygen atoms in total. The van der Waals surface area contributed by atoms with E-state index in [1.54, 1.807) is 23.1 Å². The van der Waals surface area contributed by atoms with Gasteiger partial charge in [0.1, 0.15) is 6.07 Å². The Labute approximate surface area is 103 Å². The maximum Gasteiger partial charge on any atom is 0.164 e. The first-order chi connectivity index (χ1) is 8.78. The summed E-state index contributed by atoms with van der Waals surface area (Å²) < 4.78 is 1.67. The fraction of sp³-hybridized carbons (Fsp3) is 0.0769. The number of hydrogen-bond donors (Lipinski definition) is 0. The molecule has 0 saturated carbocycles. The largest absolute Gasteiger partial charge is 0.237 e. The molecule has 0 saturated heterocycles. The molecule has 0 unspecified atom stereocenters. The Morgan fingerprint density at radius 2 is 2.11 bits per heavy atom. The first kappa shape index (κ1) is 10.4. The molecule has 3 heterocycles. The number of fused-ring (bicyclic) bond motifs is 1. The molecule has 5 heteroatoms. The van der Waals surface area contributed by atoms with Crippen molar-refractivity contribution in [2.45, 2.75) is 6.92 Å². The molecule has 0 bridgehead atoms. The molecule has 0 radical (unpaired) electrons. The summed E-state index contributed by atoms with van der Waals surface area (Å²) in [5.74, 6) is 0.724. The number of aromatic nitrogens is 4. The van der Waals surface area contributed by atoms with Crippen molar-refractivity contribution >= 4 is 11.0 Å². The topological polar surface area (TPSA) is 67.4 Å². The summed E-state index contributed by atoms with van der Waals surface area (Å²) in [5.41, 5.74) is 2.34. The van der Waals surface area contributed by atoms with E-state index in [2.05, 4.69) is 21.1 Å². The average molecular weight is 235 g/mol. The van der Waals surface area contributed by atoms with Gasteiger partial charge in [0.25, 0.3) is 0 Å². The van der Waals surface area contributed by atoms with Crippen LogP contribution in [-0.2, 0) is 0 Å². The molecule has 0 atom stereocenters. The van der Waals surface area contributed by atoms with Crippen molar-refractivity contribution in [1.29, 1.82) is 5.26 Å². The maximum atomic E-state index is 8.83. The zero-order valence-corrected chi connectivity index (χ0v) is 9.70. The van der Waals surface area contributed by atoms with Gasteiger partial charge in [0.2, 0.25) is 0 Å². The quantitative estimate of drug-likeness (QED) is 0.647. The van der Waals surface area contributed by atoms with Crippen LogP contribution in [0.25, 0.3) is 16.9 Å². The van der Waals surface area contributed by atoms with E-state index in [-0.39, 0.29) is 0 Å². The van der Waals surface area contributed by atoms with Gasteiger partial charge in [0.05, 0.1) is 11.8 Å². The van der Waals surface area contributed by atoms with Crippen molar-refractivity contribution in [3.8, 4) is 11.9 Å². The van der Waals surface area contributed by atoms with Gasteiger partial charge in [-0.2, -0.15) is 15.0 Å². The number of hydrogen-bond acceptors (Lipinski definition) is 4. The van der Waals surface area contributed by atoms with Crippen LogP contribution in [0.2, 0.25) is 0 Å². The summed E-state index contributed by atoms with van der Waals surface area (Å²) in [6.07, 6.45) is 4.96. The highest BCUT2D eigenvalue weighted by molar-refractivity contribution is 5.77. The molecule has 0 aliphatic heterocycles. The second kappa shape index (κ2) is 3.93. The number of rotatable bonds is 1. The maximum absolute atomic E-state index is 8.83. The Kier molecular flexibility index (Phi) is 2.27. The van der Waals surface area contributed by atoms with Crippen LogP contribution in [0.1, 0.15) is 11.1 Å². The summed E-state index contributed by atoms with van der Waals surface area (Å²) in [6, 6.07) is 7.69. The zero-order chi connectivity index (χ0) is 12.5. The van der Waals surface area contributed by atoms with E-state index >= 15 is 0 Å². The van der Waals surface area contributed by atoms with Gasteiger partial charge >= 0.3 is 0 Å². The minimum Gasteiger partial charge on any atom is -0.237 e. The van der Waals surface area contributed by atoms with E-state index in [0.29, 0.717) is 11.2 Å². The van der Waals surface area contributed by atoms with Crippen LogP contribution in [0.5, 0.6) is 0 Å². The molecule has 3 aromatic rings. The molecule has 0 amide bonds. The van der Waals surface area contributed by atoms with Gasteiger partial charge in [0, 0.05) is 17.8 Å². The zero-order valence-electron chi connectivity index (χ0n) is 9.70. The lowest BCUT2D eigenvalue weighted by Crippen LogP contribution is -2.00. The molecule has 0 aliphatic carbocycles. The van der Waals surface area contributed by atoms with Gasteiger partial charge < -0.3 is 0 Å². The average Bonchev–Trinajstić information content (AvgIpc) is 2.81. The first-order valence-corrected chi connectivity index (χ1v) is 5.45. The van der Waals surface area contributed by atoms with Crippen LogP contribution in [0.3, 0.4) is 0 Å². The minimum atomic E-state index is 0.527. The summed E-state index contributed by atoms with van der Waals surface area (Å²) >= 11 is 0. The number of pyridine rings is 2. The van der Waals surface area contributed by atoms with Crippen LogP contribution in [0, 0.1) is 18.3 Å². The van der Waals surface area contributed by atoms with E-state index in [0.717, 1.165) is 16.8 Å². The van der Waals surface area contributed by atoms with Gasteiger partial charge in [0.15, 0.2) is 11.5 Å². The van der Waals surface area contributed by atoms with Crippen molar-refractivity contribution in [2.24, 2.45) is 0 Å². The van der Waals surface area contributed by atoms with E-state index in [1.165, 1.54) is 6.20 Å². The molecular formula is C13H9N5. The van der Waals surface area contributed by atoms with E-state index in [9.17, 15) is 0 Å². The first-order valence-electron chi connectivity index (χ1n) is 5.45. The smallest absolute Gasteiger partial charge is 0.164 e. The van der Waals surface area contributed by atoms with E-state index in [4.69, 9.17) is 5.26 Å². The molecular weight excluding hydrogens is 226 g/mol. The van der Waals surface area contributed by atoms with Gasteiger partial charge in [-0.3, -0.25) is 0 Å². The third kappa shape index (κ3) is 1.60. The molecule has 0 spiro atoms. The number of nitrogens with zero attached hydrogens (tertiary/aromatic N) is 5. The lowest BCUT2D eigenvalue weighted by atomic mass is 10.2. The van der Waals surface area contributed by atoms with Crippen LogP contribution < -0.4 is 0 Å². The molecule has 3 rings (SSSR count). The van der Waals surface area contributed by atoms with Crippen LogP contribution in [0.4, 0.5) is 0 Å². The highest BCUT2D eigenvalue weighted by Gasteiger charge is 2.07. The number of nitriles is 1. The minimum absolute atomic E-state index is 0.527. The third-order valence-corrected chi connectivity index (χ3v) is 2.66. The second-order valence-electron chi connectivity index (χ2n) is 4.00. The monoisotopic (exact) mass is 235 g/mol. The number of aryl methyl sites for hydroxylation is 1. The second-order valence-corrected chi connectivity index (χ2v) is 4.00. The van der Waals surface area contributed by atoms with Gasteiger partial charge in [-0.05, 0) is 30.7 Å². The predicted molar refractivity (Wildman–Crippen MR) is 66.1 cm³/mol. The Balaban J connectivity index is 2.22. The highest BCUT2D eigenvalue weighted by atomic mass is 15.3. The summed E-state index contributed by atoms with van der Waals surface area (Å²) in [7, 11) is 0. The van der Waals surface area contributed by atoms with E-state index < -0.39 is 0 Å². The molecule has 0 N–H and O–H groups in total. The van der Waals surface area contributed by atoms with Crippen molar-refractivity contribution in [2.75, 3.05) is 0 Å². The summed E-state index contributed by atoms with van der Waals surface area (Å²) in [6.45, 7) is 2.00. The summed E-state index contributed by atoms with van der Waals surface area (Å²) in [4.78, 5) is 8.53. The predicted octanol–water partition coefficient (Wildman–Crippen LogP) is 2.00. The molecule has 18 heavy (non-hydrogen) atoms. The highest BCUT2D eigenvalue weighted by Crippen LogP contribution is 2.16.